The van der Waals surface area contributed by atoms with Gasteiger partial charge in [0.05, 0.1) is 0 Å². The summed E-state index contributed by atoms with van der Waals surface area (Å²) < 4.78 is 9.43. The SMILES string of the molecule is CC(C)(C)C1=CN(c2[c-]c(Oc3[c-]c4c(c(C(C)(C)c5ccccc5)c3)c3ccccc3n4-c3cc(C(C)(C)C)ccn3)cc(C(C)(C)C)c2)[CH-]N1c1cc(-c2ccccc2)cc(C(C)(C)C)c1.[Pt]. The van der Waals surface area contributed by atoms with Gasteiger partial charge < -0.3 is 19.1 Å². The Labute approximate surface area is 426 Å². The van der Waals surface area contributed by atoms with Crippen LogP contribution in [0.5, 0.6) is 11.5 Å². The van der Waals surface area contributed by atoms with Crippen LogP contribution in [0.2, 0.25) is 0 Å². The number of benzene rings is 6. The Kier molecular flexibility index (Phi) is 13.0. The molecule has 0 saturated heterocycles. The van der Waals surface area contributed by atoms with Gasteiger partial charge in [-0.1, -0.05) is 193 Å². The molecule has 69 heavy (non-hydrogen) atoms. The minimum atomic E-state index is -0.405. The number of pyridine rings is 1. The average molecular weight is 1090 g/mol. The normalized spacial score (nSPS) is 13.8. The van der Waals surface area contributed by atoms with E-state index in [0.717, 1.165) is 50.1 Å². The van der Waals surface area contributed by atoms with Crippen molar-refractivity contribution in [3.8, 4) is 28.4 Å². The molecule has 0 aliphatic carbocycles. The van der Waals surface area contributed by atoms with Crippen LogP contribution in [-0.4, -0.2) is 9.55 Å². The summed E-state index contributed by atoms with van der Waals surface area (Å²) in [5.74, 6) is 2.09. The van der Waals surface area contributed by atoms with E-state index in [0.29, 0.717) is 11.5 Å². The number of allylic oxidation sites excluding steroid dienone is 1. The molecule has 0 radical (unpaired) electrons. The number of fused-ring (bicyclic) bond motifs is 3. The zero-order valence-electron chi connectivity index (χ0n) is 42.9. The number of aromatic nitrogens is 2. The second-order valence-corrected chi connectivity index (χ2v) is 23.3. The molecule has 5 nitrogen and oxygen atoms in total. The summed E-state index contributed by atoms with van der Waals surface area (Å²) in [6, 6.07) is 55.7. The quantitative estimate of drug-likeness (QED) is 0.142. The number of anilines is 2. The Morgan fingerprint density at radius 1 is 0.536 bits per heavy atom. The molecular formula is C63H67N4OPt-3. The molecule has 6 aromatic carbocycles. The molecule has 2 aromatic heterocycles. The van der Waals surface area contributed by atoms with Crippen LogP contribution in [0.4, 0.5) is 11.4 Å². The van der Waals surface area contributed by atoms with Crippen molar-refractivity contribution in [1.82, 2.24) is 9.55 Å². The van der Waals surface area contributed by atoms with Crippen LogP contribution in [0.15, 0.2) is 152 Å². The van der Waals surface area contributed by atoms with Gasteiger partial charge in [-0.2, -0.15) is 0 Å². The topological polar surface area (TPSA) is 33.5 Å². The Hall–Kier alpha value is -5.90. The van der Waals surface area contributed by atoms with E-state index in [9.17, 15) is 0 Å². The maximum Gasteiger partial charge on any atom is 0.135 e. The Morgan fingerprint density at radius 2 is 1.14 bits per heavy atom. The molecular weight excluding hydrogens is 1020 g/mol. The molecule has 0 N–H and O–H groups in total. The minimum absolute atomic E-state index is 0. The second-order valence-electron chi connectivity index (χ2n) is 23.3. The Bertz CT molecular complexity index is 3190. The van der Waals surface area contributed by atoms with Crippen molar-refractivity contribution in [3.63, 3.8) is 0 Å². The largest absolute Gasteiger partial charge is 0.509 e. The van der Waals surface area contributed by atoms with Gasteiger partial charge in [-0.05, 0) is 91.4 Å². The van der Waals surface area contributed by atoms with E-state index in [2.05, 4.69) is 270 Å². The summed E-state index contributed by atoms with van der Waals surface area (Å²) >= 11 is 0. The summed E-state index contributed by atoms with van der Waals surface area (Å²) in [7, 11) is 0. The number of hydrogen-bond donors (Lipinski definition) is 0. The predicted molar refractivity (Wildman–Crippen MR) is 286 cm³/mol. The zero-order valence-corrected chi connectivity index (χ0v) is 45.2. The first-order valence-electron chi connectivity index (χ1n) is 24.1. The predicted octanol–water partition coefficient (Wildman–Crippen LogP) is 16.8. The summed E-state index contributed by atoms with van der Waals surface area (Å²) in [5.41, 5.74) is 12.7. The van der Waals surface area contributed by atoms with E-state index in [1.807, 2.05) is 6.20 Å². The van der Waals surface area contributed by atoms with Gasteiger partial charge in [0, 0.05) is 61.1 Å². The standard InChI is InChI=1S/C63H67N4O.Pt/c1-59(2,3)45-29-30-64-57(36-45)67-54-28-22-21-27-52(54)58-53(63(13,14)44-25-19-16-20-26-44)38-51(39-55(58)67)68-50-35-47(61(7,8)9)33-48(37-50)65-40-56(62(10,11)12)66(41-65)49-32-43(42-23-17-15-18-24-42)31-46(34-49)60(4,5)6;/h15-36,38,40-41H,1-14H3;/q-3;. The molecule has 358 valence electrons. The van der Waals surface area contributed by atoms with E-state index < -0.39 is 5.41 Å². The van der Waals surface area contributed by atoms with E-state index in [4.69, 9.17) is 9.72 Å². The van der Waals surface area contributed by atoms with Crippen molar-refractivity contribution in [2.45, 2.75) is 119 Å². The van der Waals surface area contributed by atoms with Crippen LogP contribution in [0, 0.1) is 24.2 Å². The van der Waals surface area contributed by atoms with Gasteiger partial charge in [0.25, 0.3) is 0 Å². The van der Waals surface area contributed by atoms with Crippen LogP contribution in [0.25, 0.3) is 38.8 Å². The van der Waals surface area contributed by atoms with Gasteiger partial charge >= 0.3 is 0 Å². The summed E-state index contributed by atoms with van der Waals surface area (Å²) in [5, 5.41) is 2.28. The van der Waals surface area contributed by atoms with Gasteiger partial charge in [0.2, 0.25) is 0 Å². The van der Waals surface area contributed by atoms with Crippen molar-refractivity contribution >= 4 is 33.2 Å². The molecule has 0 unspecified atom stereocenters. The van der Waals surface area contributed by atoms with E-state index in [-0.39, 0.29) is 42.7 Å². The molecule has 1 aliphatic rings. The van der Waals surface area contributed by atoms with Gasteiger partial charge in [-0.25, -0.2) is 4.98 Å². The molecule has 0 bridgehead atoms. The van der Waals surface area contributed by atoms with Crippen molar-refractivity contribution < 1.29 is 25.8 Å². The number of para-hydroxylation sites is 1. The van der Waals surface area contributed by atoms with E-state index >= 15 is 0 Å². The Balaban J connectivity index is 0.00000642. The van der Waals surface area contributed by atoms with Gasteiger partial charge in [-0.3, -0.25) is 0 Å². The third kappa shape index (κ3) is 9.82. The molecule has 0 atom stereocenters. The number of nitrogens with zero attached hydrogens (tertiary/aromatic N) is 4. The molecule has 0 amide bonds. The second kappa shape index (κ2) is 18.1. The zero-order chi connectivity index (χ0) is 48.6. The van der Waals surface area contributed by atoms with Gasteiger partial charge in [0.15, 0.2) is 0 Å². The van der Waals surface area contributed by atoms with Crippen LogP contribution < -0.4 is 14.5 Å². The molecule has 9 rings (SSSR count). The third-order valence-electron chi connectivity index (χ3n) is 13.6. The Morgan fingerprint density at radius 3 is 1.80 bits per heavy atom. The molecule has 6 heteroatoms. The number of ether oxygens (including phenoxy) is 1. The van der Waals surface area contributed by atoms with Crippen molar-refractivity contribution in [1.29, 1.82) is 0 Å². The molecule has 1 aliphatic heterocycles. The van der Waals surface area contributed by atoms with E-state index in [1.54, 1.807) is 0 Å². The van der Waals surface area contributed by atoms with Crippen LogP contribution >= 0.6 is 0 Å². The maximum absolute atomic E-state index is 7.16. The first kappa shape index (κ1) is 49.5. The molecule has 0 fully saturated rings. The fraction of sp³-hybridized carbons (Fsp3) is 0.302. The van der Waals surface area contributed by atoms with Gasteiger partial charge in [-0.15, -0.1) is 53.8 Å². The number of rotatable bonds is 8. The third-order valence-corrected chi connectivity index (χ3v) is 13.6. The van der Waals surface area contributed by atoms with Crippen molar-refractivity contribution in [2.75, 3.05) is 9.80 Å². The molecule has 0 saturated carbocycles. The number of hydrogen-bond acceptors (Lipinski definition) is 4. The first-order chi connectivity index (χ1) is 32.0. The van der Waals surface area contributed by atoms with Crippen molar-refractivity contribution in [3.05, 3.63) is 198 Å². The maximum atomic E-state index is 7.16. The molecule has 3 heterocycles. The first-order valence-corrected chi connectivity index (χ1v) is 24.1. The monoisotopic (exact) mass is 1090 g/mol. The fourth-order valence-corrected chi connectivity index (χ4v) is 9.35. The summed E-state index contributed by atoms with van der Waals surface area (Å²) in [4.78, 5) is 9.60. The molecule has 0 spiro atoms. The minimum Gasteiger partial charge on any atom is -0.509 e. The van der Waals surface area contributed by atoms with Crippen LogP contribution in [-0.2, 0) is 42.7 Å². The van der Waals surface area contributed by atoms with Gasteiger partial charge in [0.1, 0.15) is 5.82 Å². The van der Waals surface area contributed by atoms with Crippen molar-refractivity contribution in [2.24, 2.45) is 5.41 Å². The summed E-state index contributed by atoms with van der Waals surface area (Å²) in [6.07, 6.45) is 4.20. The van der Waals surface area contributed by atoms with E-state index in [1.165, 1.54) is 33.5 Å². The fourth-order valence-electron chi connectivity index (χ4n) is 9.35. The van der Waals surface area contributed by atoms with Crippen LogP contribution in [0.1, 0.15) is 125 Å². The average Bonchev–Trinajstić information content (AvgIpc) is 3.90. The van der Waals surface area contributed by atoms with Crippen LogP contribution in [0.3, 0.4) is 0 Å². The summed E-state index contributed by atoms with van der Waals surface area (Å²) in [6.45, 7) is 34.1. The molecule has 8 aromatic rings. The smallest absolute Gasteiger partial charge is 0.135 e.